The van der Waals surface area contributed by atoms with Crippen molar-refractivity contribution in [1.29, 1.82) is 5.41 Å². The van der Waals surface area contributed by atoms with Crippen molar-refractivity contribution in [2.75, 3.05) is 5.73 Å². The van der Waals surface area contributed by atoms with Crippen molar-refractivity contribution in [3.05, 3.63) is 181 Å². The summed E-state index contributed by atoms with van der Waals surface area (Å²) in [7, 11) is 0. The van der Waals surface area contributed by atoms with Gasteiger partial charge in [-0.25, -0.2) is 15.0 Å². The first-order valence-corrected chi connectivity index (χ1v) is 20.2. The summed E-state index contributed by atoms with van der Waals surface area (Å²) < 4.78 is 10.7. The molecule has 57 heavy (non-hydrogen) atoms. The van der Waals surface area contributed by atoms with Crippen molar-refractivity contribution < 1.29 is 4.42 Å². The van der Waals surface area contributed by atoms with E-state index in [1.807, 2.05) is 121 Å². The van der Waals surface area contributed by atoms with Crippen LogP contribution in [0.5, 0.6) is 0 Å². The zero-order chi connectivity index (χ0) is 38.5. The molecule has 0 radical (unpaired) electrons. The lowest BCUT2D eigenvalue weighted by molar-refractivity contribution is 0.606. The van der Waals surface area contributed by atoms with Gasteiger partial charge in [0.25, 0.3) is 0 Å². The van der Waals surface area contributed by atoms with Crippen LogP contribution < -0.4 is 5.73 Å². The highest BCUT2D eigenvalue weighted by atomic mass is 32.1. The number of nitrogen functional groups attached to an aromatic ring is 1. The van der Waals surface area contributed by atoms with Gasteiger partial charge in [-0.1, -0.05) is 133 Å². The van der Waals surface area contributed by atoms with Crippen LogP contribution in [-0.4, -0.2) is 20.7 Å². The molecule has 0 atom stereocenters. The molecule has 11 aromatic rings. The SMILES string of the molecule is Cc1ccc2sc3cccc(-c4nc(-c5ccccc5)nc(-c5ccccc5)n4)c3c2c1.N=C(c1oc2ccccc2c1N)c1cccc2c1sc1ccccc12. The zero-order valence-corrected chi connectivity index (χ0v) is 32.4. The number of fused-ring (bicyclic) bond motifs is 7. The number of thiophene rings is 2. The van der Waals surface area contributed by atoms with Gasteiger partial charge in [0.15, 0.2) is 23.2 Å². The average Bonchev–Trinajstić information content (AvgIpc) is 3.95. The summed E-state index contributed by atoms with van der Waals surface area (Å²) in [6, 6.07) is 55.2. The monoisotopic (exact) mass is 771 g/mol. The van der Waals surface area contributed by atoms with Crippen LogP contribution in [0.25, 0.3) is 85.5 Å². The number of nitrogens with one attached hydrogen (secondary N) is 1. The number of hydrogen-bond donors (Lipinski definition) is 2. The van der Waals surface area contributed by atoms with Crippen molar-refractivity contribution >= 4 is 85.4 Å². The molecule has 4 aromatic heterocycles. The van der Waals surface area contributed by atoms with E-state index in [1.54, 1.807) is 11.3 Å². The largest absolute Gasteiger partial charge is 0.452 e. The van der Waals surface area contributed by atoms with Crippen LogP contribution >= 0.6 is 22.7 Å². The number of rotatable bonds is 5. The fourth-order valence-electron chi connectivity index (χ4n) is 7.37. The molecule has 6 nitrogen and oxygen atoms in total. The second-order valence-electron chi connectivity index (χ2n) is 13.8. The molecule has 0 unspecified atom stereocenters. The third kappa shape index (κ3) is 6.21. The maximum Gasteiger partial charge on any atom is 0.176 e. The third-order valence-electron chi connectivity index (χ3n) is 10.1. The molecular weight excluding hydrogens is 739 g/mol. The molecule has 0 saturated heterocycles. The normalized spacial score (nSPS) is 11.4. The number of aryl methyl sites for hydroxylation is 1. The maximum absolute atomic E-state index is 8.73. The first-order chi connectivity index (χ1) is 28.0. The first-order valence-electron chi connectivity index (χ1n) is 18.6. The molecule has 0 fully saturated rings. The second-order valence-corrected chi connectivity index (χ2v) is 16.0. The van der Waals surface area contributed by atoms with Gasteiger partial charge in [0, 0.05) is 68.0 Å². The van der Waals surface area contributed by atoms with Gasteiger partial charge in [-0.15, -0.1) is 22.7 Å². The molecule has 4 heterocycles. The van der Waals surface area contributed by atoms with Gasteiger partial charge in [-0.2, -0.15) is 0 Å². The van der Waals surface area contributed by atoms with Gasteiger partial charge < -0.3 is 10.2 Å². The van der Waals surface area contributed by atoms with Gasteiger partial charge in [-0.05, 0) is 43.3 Å². The molecular formula is C49H33N5OS2. The Morgan fingerprint density at radius 1 is 0.544 bits per heavy atom. The minimum atomic E-state index is 0.325. The zero-order valence-electron chi connectivity index (χ0n) is 30.7. The molecule has 8 heteroatoms. The van der Waals surface area contributed by atoms with Crippen LogP contribution in [0.1, 0.15) is 16.9 Å². The summed E-state index contributed by atoms with van der Waals surface area (Å²) in [6.45, 7) is 2.13. The van der Waals surface area contributed by atoms with Crippen LogP contribution in [0.4, 0.5) is 5.69 Å². The van der Waals surface area contributed by atoms with E-state index in [4.69, 9.17) is 30.5 Å². The van der Waals surface area contributed by atoms with Crippen LogP contribution in [-0.2, 0) is 0 Å². The van der Waals surface area contributed by atoms with Gasteiger partial charge in [0.2, 0.25) is 0 Å². The fourth-order valence-corrected chi connectivity index (χ4v) is 9.71. The molecule has 0 aliphatic carbocycles. The Labute approximate surface area is 336 Å². The molecule has 7 aromatic carbocycles. The molecule has 0 saturated carbocycles. The number of furan rings is 1. The average molecular weight is 772 g/mol. The quantitative estimate of drug-likeness (QED) is 0.170. The molecule has 0 aliphatic rings. The maximum atomic E-state index is 8.73. The minimum Gasteiger partial charge on any atom is -0.452 e. The standard InChI is InChI=1S/C28H19N3S.C21H14N2OS/c1-18-15-16-23-22(17-18)25-21(13-8-14-24(25)32-23)28-30-26(19-9-4-2-5-10-19)29-27(31-28)20-11-6-3-7-12-20;22-18-14-7-1-3-10-16(14)24-20(18)19(23)15-9-5-8-13-12-6-2-4-11-17(12)25-21(13)15/h2-17H,1H3;1-11,23H,22H2. The van der Waals surface area contributed by atoms with Crippen molar-refractivity contribution in [3.8, 4) is 34.2 Å². The van der Waals surface area contributed by atoms with E-state index >= 15 is 0 Å². The predicted octanol–water partition coefficient (Wildman–Crippen LogP) is 13.3. The Morgan fingerprint density at radius 2 is 1.14 bits per heavy atom. The van der Waals surface area contributed by atoms with E-state index in [0.717, 1.165) is 37.7 Å². The molecule has 3 N–H and O–H groups in total. The summed E-state index contributed by atoms with van der Waals surface area (Å²) in [4.78, 5) is 14.7. The summed E-state index contributed by atoms with van der Waals surface area (Å²) in [5.74, 6) is 2.50. The van der Waals surface area contributed by atoms with E-state index in [1.165, 1.54) is 35.8 Å². The molecule has 11 rings (SSSR count). The highest BCUT2D eigenvalue weighted by Gasteiger charge is 2.20. The van der Waals surface area contributed by atoms with E-state index < -0.39 is 0 Å². The number of benzene rings is 7. The lowest BCUT2D eigenvalue weighted by Gasteiger charge is -2.09. The van der Waals surface area contributed by atoms with Gasteiger partial charge >= 0.3 is 0 Å². The fraction of sp³-hybridized carbons (Fsp3) is 0.0204. The summed E-state index contributed by atoms with van der Waals surface area (Å²) in [5, 5.41) is 14.4. The summed E-state index contributed by atoms with van der Waals surface area (Å²) >= 11 is 3.51. The number of para-hydroxylation sites is 1. The van der Waals surface area contributed by atoms with Crippen molar-refractivity contribution in [3.63, 3.8) is 0 Å². The molecule has 0 spiro atoms. The van der Waals surface area contributed by atoms with E-state index in [2.05, 4.69) is 61.5 Å². The van der Waals surface area contributed by atoms with Crippen LogP contribution in [0.15, 0.2) is 168 Å². The lowest BCUT2D eigenvalue weighted by atomic mass is 10.0. The van der Waals surface area contributed by atoms with Gasteiger partial charge in [0.1, 0.15) is 11.3 Å². The third-order valence-corrected chi connectivity index (χ3v) is 12.5. The number of aromatic nitrogens is 3. The first kappa shape index (κ1) is 34.5. The summed E-state index contributed by atoms with van der Waals surface area (Å²) in [6.07, 6.45) is 0. The Balaban J connectivity index is 0.000000143. The number of hydrogen-bond acceptors (Lipinski definition) is 8. The smallest absolute Gasteiger partial charge is 0.176 e. The number of anilines is 1. The minimum absolute atomic E-state index is 0.325. The molecule has 0 bridgehead atoms. The molecule has 272 valence electrons. The predicted molar refractivity (Wildman–Crippen MR) is 240 cm³/mol. The van der Waals surface area contributed by atoms with Crippen LogP contribution in [0, 0.1) is 12.3 Å². The van der Waals surface area contributed by atoms with Crippen molar-refractivity contribution in [2.24, 2.45) is 0 Å². The molecule has 0 amide bonds. The van der Waals surface area contributed by atoms with Crippen LogP contribution in [0.3, 0.4) is 0 Å². The topological polar surface area (TPSA) is 102 Å². The number of nitrogens with zero attached hydrogens (tertiary/aromatic N) is 3. The highest BCUT2D eigenvalue weighted by Crippen LogP contribution is 2.41. The Kier molecular flexibility index (Phi) is 8.62. The van der Waals surface area contributed by atoms with E-state index in [0.29, 0.717) is 40.2 Å². The Bertz CT molecular complexity index is 3240. The molecule has 0 aliphatic heterocycles. The summed E-state index contributed by atoms with van der Waals surface area (Å²) in [5.41, 5.74) is 12.9. The van der Waals surface area contributed by atoms with E-state index in [9.17, 15) is 0 Å². The Morgan fingerprint density at radius 3 is 1.88 bits per heavy atom. The van der Waals surface area contributed by atoms with Gasteiger partial charge in [-0.3, -0.25) is 5.41 Å². The van der Waals surface area contributed by atoms with Crippen molar-refractivity contribution in [2.45, 2.75) is 6.92 Å². The number of nitrogens with two attached hydrogens (primary N) is 1. The Hall–Kier alpha value is -7.00. The van der Waals surface area contributed by atoms with E-state index in [-0.39, 0.29) is 0 Å². The lowest BCUT2D eigenvalue weighted by Crippen LogP contribution is -2.03. The second kappa shape index (κ2) is 14.3. The van der Waals surface area contributed by atoms with Crippen molar-refractivity contribution in [1.82, 2.24) is 15.0 Å². The highest BCUT2D eigenvalue weighted by molar-refractivity contribution is 7.26. The van der Waals surface area contributed by atoms with Gasteiger partial charge in [0.05, 0.1) is 5.69 Å². The van der Waals surface area contributed by atoms with Crippen LogP contribution in [0.2, 0.25) is 0 Å².